The number of aliphatic hydroxyl groups is 1. The van der Waals surface area contributed by atoms with Gasteiger partial charge in [-0.15, -0.1) is 0 Å². The number of rotatable bonds is 3. The van der Waals surface area contributed by atoms with E-state index in [4.69, 9.17) is 0 Å². The van der Waals surface area contributed by atoms with Crippen molar-refractivity contribution < 1.29 is 23.5 Å². The fourth-order valence-corrected chi connectivity index (χ4v) is 3.93. The molecule has 1 atom stereocenters. The van der Waals surface area contributed by atoms with Crippen molar-refractivity contribution in [2.45, 2.75) is 26.8 Å². The number of carbonyl (C=O) groups is 2. The Morgan fingerprint density at radius 2 is 1.62 bits per heavy atom. The minimum atomic E-state index is -1.14. The van der Waals surface area contributed by atoms with Crippen LogP contribution in [0.2, 0.25) is 0 Å². The van der Waals surface area contributed by atoms with Gasteiger partial charge in [0.2, 0.25) is 0 Å². The SMILES string of the molecule is Cc1cccc(C2/C(=C(\O)c3ccc(C)c(C)c3)C(=O)C(=O)N2c2ccc(F)c(F)c2)c1. The summed E-state index contributed by atoms with van der Waals surface area (Å²) >= 11 is 0. The Morgan fingerprint density at radius 1 is 0.875 bits per heavy atom. The van der Waals surface area contributed by atoms with Crippen LogP contribution in [0.3, 0.4) is 0 Å². The lowest BCUT2D eigenvalue weighted by molar-refractivity contribution is -0.132. The van der Waals surface area contributed by atoms with Gasteiger partial charge in [-0.3, -0.25) is 14.5 Å². The number of benzene rings is 3. The fraction of sp³-hybridized carbons (Fsp3) is 0.154. The molecule has 1 fully saturated rings. The van der Waals surface area contributed by atoms with Crippen LogP contribution in [-0.2, 0) is 9.59 Å². The van der Waals surface area contributed by atoms with Crippen LogP contribution in [0.25, 0.3) is 5.76 Å². The quantitative estimate of drug-likeness (QED) is 0.336. The topological polar surface area (TPSA) is 57.6 Å². The summed E-state index contributed by atoms with van der Waals surface area (Å²) in [6.45, 7) is 5.66. The van der Waals surface area contributed by atoms with Crippen LogP contribution in [0.1, 0.15) is 33.9 Å². The van der Waals surface area contributed by atoms with E-state index in [1.54, 1.807) is 30.3 Å². The van der Waals surface area contributed by atoms with E-state index in [9.17, 15) is 23.5 Å². The first-order valence-corrected chi connectivity index (χ1v) is 10.1. The molecule has 32 heavy (non-hydrogen) atoms. The summed E-state index contributed by atoms with van der Waals surface area (Å²) in [5, 5.41) is 11.1. The van der Waals surface area contributed by atoms with E-state index in [2.05, 4.69) is 0 Å². The summed E-state index contributed by atoms with van der Waals surface area (Å²) in [5.41, 5.74) is 3.69. The van der Waals surface area contributed by atoms with Crippen LogP contribution in [0.5, 0.6) is 0 Å². The summed E-state index contributed by atoms with van der Waals surface area (Å²) in [6, 6.07) is 14.4. The van der Waals surface area contributed by atoms with Crippen molar-refractivity contribution in [3.05, 3.63) is 106 Å². The van der Waals surface area contributed by atoms with Crippen LogP contribution in [0.15, 0.2) is 66.2 Å². The number of halogens is 2. The van der Waals surface area contributed by atoms with Gasteiger partial charge < -0.3 is 5.11 Å². The Hall–Kier alpha value is -3.80. The minimum absolute atomic E-state index is 0.0247. The number of ketones is 1. The van der Waals surface area contributed by atoms with Gasteiger partial charge in [0.05, 0.1) is 11.6 Å². The van der Waals surface area contributed by atoms with E-state index >= 15 is 0 Å². The number of nitrogens with zero attached hydrogens (tertiary/aromatic N) is 1. The molecule has 0 aromatic heterocycles. The summed E-state index contributed by atoms with van der Waals surface area (Å²) in [7, 11) is 0. The number of aryl methyl sites for hydroxylation is 3. The molecule has 1 unspecified atom stereocenters. The van der Waals surface area contributed by atoms with E-state index in [1.807, 2.05) is 32.9 Å². The molecular weight excluding hydrogens is 412 g/mol. The fourth-order valence-electron chi connectivity index (χ4n) is 3.93. The van der Waals surface area contributed by atoms with Gasteiger partial charge in [-0.05, 0) is 55.7 Å². The molecule has 4 rings (SSSR count). The van der Waals surface area contributed by atoms with Gasteiger partial charge in [0, 0.05) is 17.3 Å². The van der Waals surface area contributed by atoms with Crippen LogP contribution in [-0.4, -0.2) is 16.8 Å². The van der Waals surface area contributed by atoms with Gasteiger partial charge in [-0.2, -0.15) is 0 Å². The lowest BCUT2D eigenvalue weighted by atomic mass is 9.93. The lowest BCUT2D eigenvalue weighted by Crippen LogP contribution is -2.29. The monoisotopic (exact) mass is 433 g/mol. The largest absolute Gasteiger partial charge is 0.507 e. The maximum atomic E-state index is 14.0. The summed E-state index contributed by atoms with van der Waals surface area (Å²) < 4.78 is 27.5. The van der Waals surface area contributed by atoms with Crippen molar-refractivity contribution in [3.8, 4) is 0 Å². The van der Waals surface area contributed by atoms with Gasteiger partial charge in [-0.1, -0.05) is 42.0 Å². The third-order valence-electron chi connectivity index (χ3n) is 5.76. The smallest absolute Gasteiger partial charge is 0.300 e. The molecule has 3 aromatic rings. The number of Topliss-reactive ketones (excluding diaryl/α,β-unsaturated/α-hetero) is 1. The Kier molecular flexibility index (Phi) is 5.38. The first-order chi connectivity index (χ1) is 15.2. The molecule has 1 aliphatic heterocycles. The van der Waals surface area contributed by atoms with Gasteiger partial charge in [0.25, 0.3) is 11.7 Å². The maximum absolute atomic E-state index is 14.0. The standard InChI is InChI=1S/C26H21F2NO3/c1-14-5-4-6-17(11-14)23-22(24(30)18-8-7-15(2)16(3)12-18)25(31)26(32)29(23)19-9-10-20(27)21(28)13-19/h4-13,23,30H,1-3H3/b24-22+. The summed E-state index contributed by atoms with van der Waals surface area (Å²) in [5.74, 6) is -4.33. The maximum Gasteiger partial charge on any atom is 0.300 e. The highest BCUT2D eigenvalue weighted by Gasteiger charge is 2.47. The number of aliphatic hydroxyl groups excluding tert-OH is 1. The van der Waals surface area contributed by atoms with Crippen molar-refractivity contribution in [2.24, 2.45) is 0 Å². The van der Waals surface area contributed by atoms with E-state index in [1.165, 1.54) is 6.07 Å². The van der Waals surface area contributed by atoms with Crippen LogP contribution >= 0.6 is 0 Å². The van der Waals surface area contributed by atoms with Crippen LogP contribution < -0.4 is 4.90 Å². The van der Waals surface area contributed by atoms with E-state index in [-0.39, 0.29) is 17.0 Å². The molecule has 1 heterocycles. The molecule has 0 saturated carbocycles. The normalized spacial score (nSPS) is 17.8. The summed E-state index contributed by atoms with van der Waals surface area (Å²) in [4.78, 5) is 27.3. The molecule has 0 radical (unpaired) electrons. The van der Waals surface area contributed by atoms with Crippen molar-refractivity contribution in [1.82, 2.24) is 0 Å². The Morgan fingerprint density at radius 3 is 2.28 bits per heavy atom. The minimum Gasteiger partial charge on any atom is -0.507 e. The third kappa shape index (κ3) is 3.58. The first kappa shape index (κ1) is 21.4. The second-order valence-electron chi connectivity index (χ2n) is 7.98. The number of hydrogen-bond acceptors (Lipinski definition) is 3. The molecule has 6 heteroatoms. The molecule has 1 saturated heterocycles. The molecule has 1 N–H and O–H groups in total. The Balaban J connectivity index is 1.97. The number of anilines is 1. The highest BCUT2D eigenvalue weighted by atomic mass is 19.2. The number of carbonyl (C=O) groups excluding carboxylic acids is 2. The number of hydrogen-bond donors (Lipinski definition) is 1. The van der Waals surface area contributed by atoms with Gasteiger partial charge in [0.15, 0.2) is 11.6 Å². The Bertz CT molecular complexity index is 1300. The van der Waals surface area contributed by atoms with Gasteiger partial charge in [-0.25, -0.2) is 8.78 Å². The van der Waals surface area contributed by atoms with Crippen molar-refractivity contribution in [2.75, 3.05) is 4.90 Å². The second kappa shape index (κ2) is 8.04. The van der Waals surface area contributed by atoms with E-state index in [0.29, 0.717) is 11.1 Å². The van der Waals surface area contributed by atoms with Gasteiger partial charge >= 0.3 is 0 Å². The lowest BCUT2D eigenvalue weighted by Gasteiger charge is -2.26. The van der Waals surface area contributed by atoms with Crippen molar-refractivity contribution in [3.63, 3.8) is 0 Å². The van der Waals surface area contributed by atoms with Crippen molar-refractivity contribution in [1.29, 1.82) is 0 Å². The zero-order valence-corrected chi connectivity index (χ0v) is 17.8. The van der Waals surface area contributed by atoms with Crippen LogP contribution in [0, 0.1) is 32.4 Å². The predicted octanol–water partition coefficient (Wildman–Crippen LogP) is 5.52. The Labute approximate surface area is 184 Å². The molecule has 4 nitrogen and oxygen atoms in total. The molecule has 0 aliphatic carbocycles. The average molecular weight is 433 g/mol. The zero-order valence-electron chi connectivity index (χ0n) is 17.8. The van der Waals surface area contributed by atoms with Crippen LogP contribution in [0.4, 0.5) is 14.5 Å². The molecule has 0 bridgehead atoms. The zero-order chi connectivity index (χ0) is 23.2. The van der Waals surface area contributed by atoms with E-state index in [0.717, 1.165) is 33.7 Å². The molecule has 162 valence electrons. The average Bonchev–Trinajstić information content (AvgIpc) is 3.02. The second-order valence-corrected chi connectivity index (χ2v) is 7.98. The van der Waals surface area contributed by atoms with E-state index < -0.39 is 29.4 Å². The summed E-state index contributed by atoms with van der Waals surface area (Å²) in [6.07, 6.45) is 0. The molecule has 1 aliphatic rings. The molecule has 3 aromatic carbocycles. The van der Waals surface area contributed by atoms with Gasteiger partial charge in [0.1, 0.15) is 5.76 Å². The number of amides is 1. The highest BCUT2D eigenvalue weighted by Crippen LogP contribution is 2.42. The third-order valence-corrected chi connectivity index (χ3v) is 5.76. The molecule has 0 spiro atoms. The highest BCUT2D eigenvalue weighted by molar-refractivity contribution is 6.51. The predicted molar refractivity (Wildman–Crippen MR) is 118 cm³/mol. The van der Waals surface area contributed by atoms with Crippen molar-refractivity contribution >= 4 is 23.1 Å². The molecule has 1 amide bonds. The molecular formula is C26H21F2NO3. The first-order valence-electron chi connectivity index (χ1n) is 10.1.